The van der Waals surface area contributed by atoms with Crippen molar-refractivity contribution in [3.05, 3.63) is 23.3 Å². The lowest BCUT2D eigenvalue weighted by atomic mass is 9.97. The van der Waals surface area contributed by atoms with Gasteiger partial charge in [-0.2, -0.15) is 0 Å². The predicted octanol–water partition coefficient (Wildman–Crippen LogP) is 2.78. The Balaban J connectivity index is 2.36. The van der Waals surface area contributed by atoms with Crippen LogP contribution in [-0.4, -0.2) is 18.9 Å². The van der Waals surface area contributed by atoms with E-state index in [0.717, 1.165) is 5.56 Å². The van der Waals surface area contributed by atoms with Gasteiger partial charge in [0.2, 0.25) is 0 Å². The van der Waals surface area contributed by atoms with E-state index >= 15 is 0 Å². The van der Waals surface area contributed by atoms with Crippen LogP contribution in [-0.2, 0) is 11.2 Å². The molecule has 0 heterocycles. The summed E-state index contributed by atoms with van der Waals surface area (Å²) in [4.78, 5) is 23.6. The molecule has 4 heteroatoms. The predicted molar refractivity (Wildman–Crippen MR) is 70.7 cm³/mol. The lowest BCUT2D eigenvalue weighted by Gasteiger charge is -2.18. The Morgan fingerprint density at radius 1 is 1.16 bits per heavy atom. The Morgan fingerprint density at radius 2 is 1.84 bits per heavy atom. The maximum atomic E-state index is 11.9. The van der Waals surface area contributed by atoms with E-state index in [-0.39, 0.29) is 11.8 Å². The van der Waals surface area contributed by atoms with E-state index in [2.05, 4.69) is 0 Å². The third-order valence-electron chi connectivity index (χ3n) is 3.13. The van der Waals surface area contributed by atoms with Crippen molar-refractivity contribution in [2.24, 2.45) is 5.41 Å². The summed E-state index contributed by atoms with van der Waals surface area (Å²) < 4.78 is 10.6. The SMILES string of the molecule is COc1cc2c(cc1OC(=O)C(C)(C)C)CCC2=O. The molecule has 0 radical (unpaired) electrons. The zero-order chi connectivity index (χ0) is 14.2. The van der Waals surface area contributed by atoms with Crippen molar-refractivity contribution in [2.45, 2.75) is 33.6 Å². The number of esters is 1. The molecule has 0 atom stereocenters. The maximum absolute atomic E-state index is 11.9. The first-order valence-electron chi connectivity index (χ1n) is 6.29. The van der Waals surface area contributed by atoms with Gasteiger partial charge >= 0.3 is 5.97 Å². The third kappa shape index (κ3) is 2.62. The van der Waals surface area contributed by atoms with Gasteiger partial charge in [0, 0.05) is 12.0 Å². The molecule has 1 aliphatic rings. The highest BCUT2D eigenvalue weighted by Gasteiger charge is 2.27. The molecule has 4 nitrogen and oxygen atoms in total. The topological polar surface area (TPSA) is 52.6 Å². The van der Waals surface area contributed by atoms with E-state index in [4.69, 9.17) is 9.47 Å². The number of carbonyl (C=O) groups is 2. The summed E-state index contributed by atoms with van der Waals surface area (Å²) in [7, 11) is 1.50. The van der Waals surface area contributed by atoms with Crippen LogP contribution in [0, 0.1) is 5.41 Å². The lowest BCUT2D eigenvalue weighted by Crippen LogP contribution is -2.25. The van der Waals surface area contributed by atoms with Crippen molar-refractivity contribution in [3.8, 4) is 11.5 Å². The number of benzene rings is 1. The number of aryl methyl sites for hydroxylation is 1. The van der Waals surface area contributed by atoms with Gasteiger partial charge in [0.1, 0.15) is 0 Å². The van der Waals surface area contributed by atoms with Gasteiger partial charge < -0.3 is 9.47 Å². The van der Waals surface area contributed by atoms with Crippen LogP contribution in [0.3, 0.4) is 0 Å². The molecule has 2 rings (SSSR count). The number of hydrogen-bond acceptors (Lipinski definition) is 4. The fourth-order valence-electron chi connectivity index (χ4n) is 1.94. The number of ketones is 1. The average molecular weight is 262 g/mol. The molecule has 0 aliphatic heterocycles. The van der Waals surface area contributed by atoms with Crippen molar-refractivity contribution in [1.29, 1.82) is 0 Å². The minimum atomic E-state index is -0.583. The molecule has 0 unspecified atom stereocenters. The zero-order valence-corrected chi connectivity index (χ0v) is 11.7. The van der Waals surface area contributed by atoms with Crippen molar-refractivity contribution in [3.63, 3.8) is 0 Å². The zero-order valence-electron chi connectivity index (χ0n) is 11.7. The van der Waals surface area contributed by atoms with Crippen LogP contribution in [0.2, 0.25) is 0 Å². The summed E-state index contributed by atoms with van der Waals surface area (Å²) in [6.45, 7) is 5.37. The average Bonchev–Trinajstić information content (AvgIpc) is 2.68. The summed E-state index contributed by atoms with van der Waals surface area (Å²) in [5.74, 6) is 0.597. The first-order chi connectivity index (χ1) is 8.82. The van der Waals surface area contributed by atoms with Gasteiger partial charge in [-0.15, -0.1) is 0 Å². The van der Waals surface area contributed by atoms with E-state index in [1.54, 1.807) is 32.9 Å². The third-order valence-corrected chi connectivity index (χ3v) is 3.13. The molecule has 19 heavy (non-hydrogen) atoms. The largest absolute Gasteiger partial charge is 0.493 e. The summed E-state index contributed by atoms with van der Waals surface area (Å²) in [6, 6.07) is 3.40. The molecule has 0 aromatic heterocycles. The number of fused-ring (bicyclic) bond motifs is 1. The van der Waals surface area contributed by atoms with Gasteiger partial charge in [-0.05, 0) is 44.9 Å². The molecule has 1 aromatic rings. The summed E-state index contributed by atoms with van der Waals surface area (Å²) in [5.41, 5.74) is 1.01. The number of Topliss-reactive ketones (excluding diaryl/α,β-unsaturated/α-hetero) is 1. The first-order valence-corrected chi connectivity index (χ1v) is 6.29. The standard InChI is InChI=1S/C15H18O4/c1-15(2,3)14(17)19-13-7-9-5-6-11(16)10(9)8-12(13)18-4/h7-8H,5-6H2,1-4H3. The van der Waals surface area contributed by atoms with Crippen LogP contribution in [0.15, 0.2) is 12.1 Å². The van der Waals surface area contributed by atoms with Crippen LogP contribution in [0.25, 0.3) is 0 Å². The Bertz CT molecular complexity index is 538. The highest BCUT2D eigenvalue weighted by Crippen LogP contribution is 2.36. The number of carbonyl (C=O) groups excluding carboxylic acids is 2. The number of ether oxygens (including phenoxy) is 2. The van der Waals surface area contributed by atoms with Gasteiger partial charge in [0.15, 0.2) is 17.3 Å². The minimum Gasteiger partial charge on any atom is -0.493 e. The van der Waals surface area contributed by atoms with E-state index < -0.39 is 5.41 Å². The van der Waals surface area contributed by atoms with E-state index in [1.807, 2.05) is 0 Å². The molecule has 102 valence electrons. The van der Waals surface area contributed by atoms with Gasteiger partial charge in [-0.3, -0.25) is 9.59 Å². The Labute approximate surface area is 112 Å². The molecular weight excluding hydrogens is 244 g/mol. The Hall–Kier alpha value is -1.84. The molecule has 0 saturated carbocycles. The first kappa shape index (κ1) is 13.6. The Kier molecular flexibility index (Phi) is 3.35. The molecule has 0 N–H and O–H groups in total. The van der Waals surface area contributed by atoms with Crippen LogP contribution in [0.4, 0.5) is 0 Å². The number of hydrogen-bond donors (Lipinski definition) is 0. The summed E-state index contributed by atoms with van der Waals surface area (Å²) in [5, 5.41) is 0. The lowest BCUT2D eigenvalue weighted by molar-refractivity contribution is -0.143. The normalized spacial score (nSPS) is 14.2. The van der Waals surface area contributed by atoms with Crippen molar-refractivity contribution in [1.82, 2.24) is 0 Å². The van der Waals surface area contributed by atoms with Gasteiger partial charge in [0.05, 0.1) is 12.5 Å². The highest BCUT2D eigenvalue weighted by molar-refractivity contribution is 6.01. The molecule has 0 bridgehead atoms. The number of rotatable bonds is 2. The second kappa shape index (κ2) is 4.68. The summed E-state index contributed by atoms with van der Waals surface area (Å²) >= 11 is 0. The fourth-order valence-corrected chi connectivity index (χ4v) is 1.94. The summed E-state index contributed by atoms with van der Waals surface area (Å²) in [6.07, 6.45) is 1.20. The van der Waals surface area contributed by atoms with E-state index in [1.165, 1.54) is 7.11 Å². The van der Waals surface area contributed by atoms with E-state index in [9.17, 15) is 9.59 Å². The molecule has 0 amide bonds. The molecule has 0 fully saturated rings. The highest BCUT2D eigenvalue weighted by atomic mass is 16.6. The number of methoxy groups -OCH3 is 1. The maximum Gasteiger partial charge on any atom is 0.316 e. The fraction of sp³-hybridized carbons (Fsp3) is 0.467. The van der Waals surface area contributed by atoms with Crippen LogP contribution < -0.4 is 9.47 Å². The van der Waals surface area contributed by atoms with Crippen LogP contribution >= 0.6 is 0 Å². The van der Waals surface area contributed by atoms with E-state index in [0.29, 0.717) is 29.9 Å². The van der Waals surface area contributed by atoms with Crippen LogP contribution in [0.1, 0.15) is 43.1 Å². The second-order valence-corrected chi connectivity index (χ2v) is 5.72. The van der Waals surface area contributed by atoms with Crippen molar-refractivity contribution < 1.29 is 19.1 Å². The molecule has 0 saturated heterocycles. The van der Waals surface area contributed by atoms with Gasteiger partial charge in [-0.1, -0.05) is 0 Å². The molecule has 1 aromatic carbocycles. The Morgan fingerprint density at radius 3 is 2.42 bits per heavy atom. The van der Waals surface area contributed by atoms with Crippen molar-refractivity contribution in [2.75, 3.05) is 7.11 Å². The van der Waals surface area contributed by atoms with Gasteiger partial charge in [0.25, 0.3) is 0 Å². The van der Waals surface area contributed by atoms with Crippen molar-refractivity contribution >= 4 is 11.8 Å². The van der Waals surface area contributed by atoms with Gasteiger partial charge in [-0.25, -0.2) is 0 Å². The minimum absolute atomic E-state index is 0.113. The second-order valence-electron chi connectivity index (χ2n) is 5.72. The molecule has 1 aliphatic carbocycles. The van der Waals surface area contributed by atoms with Crippen LogP contribution in [0.5, 0.6) is 11.5 Å². The smallest absolute Gasteiger partial charge is 0.316 e. The quantitative estimate of drug-likeness (QED) is 0.607. The monoisotopic (exact) mass is 262 g/mol. The molecule has 0 spiro atoms. The molecular formula is C15H18O4.